The van der Waals surface area contributed by atoms with Crippen molar-refractivity contribution in [1.29, 1.82) is 0 Å². The van der Waals surface area contributed by atoms with Crippen LogP contribution in [0.15, 0.2) is 6.20 Å². The SMILES string of the molecule is CC(=O)N1CCc2nc([C@@H]3CCCN3C(=O)CN3CSCC3=O)ncc2C1. The van der Waals surface area contributed by atoms with Gasteiger partial charge in [0.15, 0.2) is 5.82 Å². The molecule has 4 heterocycles. The lowest BCUT2D eigenvalue weighted by Crippen LogP contribution is -2.41. The van der Waals surface area contributed by atoms with E-state index in [1.165, 1.54) is 0 Å². The van der Waals surface area contributed by atoms with E-state index in [4.69, 9.17) is 4.98 Å². The van der Waals surface area contributed by atoms with Crippen molar-refractivity contribution in [2.24, 2.45) is 0 Å². The van der Waals surface area contributed by atoms with E-state index in [9.17, 15) is 14.4 Å². The van der Waals surface area contributed by atoms with Gasteiger partial charge in [-0.05, 0) is 12.8 Å². The molecule has 4 rings (SSSR count). The van der Waals surface area contributed by atoms with Gasteiger partial charge in [0, 0.05) is 44.7 Å². The summed E-state index contributed by atoms with van der Waals surface area (Å²) in [6, 6.07) is -0.126. The quantitative estimate of drug-likeness (QED) is 0.752. The zero-order valence-electron chi connectivity index (χ0n) is 15.4. The number of nitrogens with zero attached hydrogens (tertiary/aromatic N) is 5. The second kappa shape index (κ2) is 7.46. The van der Waals surface area contributed by atoms with Gasteiger partial charge < -0.3 is 14.7 Å². The van der Waals surface area contributed by atoms with E-state index >= 15 is 0 Å². The summed E-state index contributed by atoms with van der Waals surface area (Å²) < 4.78 is 0. The Labute approximate surface area is 162 Å². The molecule has 27 heavy (non-hydrogen) atoms. The van der Waals surface area contributed by atoms with Gasteiger partial charge >= 0.3 is 0 Å². The number of carbonyl (C=O) groups excluding carboxylic acids is 3. The zero-order chi connectivity index (χ0) is 19.0. The number of rotatable bonds is 3. The van der Waals surface area contributed by atoms with Crippen LogP contribution in [0.5, 0.6) is 0 Å². The summed E-state index contributed by atoms with van der Waals surface area (Å²) in [5.41, 5.74) is 1.96. The third kappa shape index (κ3) is 3.65. The first-order chi connectivity index (χ1) is 13.0. The Morgan fingerprint density at radius 3 is 2.93 bits per heavy atom. The predicted molar refractivity (Wildman–Crippen MR) is 99.6 cm³/mol. The molecule has 0 radical (unpaired) electrons. The number of aromatic nitrogens is 2. The van der Waals surface area contributed by atoms with Crippen LogP contribution < -0.4 is 0 Å². The Morgan fingerprint density at radius 1 is 1.33 bits per heavy atom. The monoisotopic (exact) mass is 389 g/mol. The molecule has 0 bridgehead atoms. The molecule has 3 aliphatic rings. The smallest absolute Gasteiger partial charge is 0.242 e. The first-order valence-electron chi connectivity index (χ1n) is 9.28. The number of carbonyl (C=O) groups is 3. The summed E-state index contributed by atoms with van der Waals surface area (Å²) in [4.78, 5) is 50.6. The number of thioether (sulfide) groups is 1. The molecule has 3 amide bonds. The first-order valence-corrected chi connectivity index (χ1v) is 10.4. The topological polar surface area (TPSA) is 86.7 Å². The van der Waals surface area contributed by atoms with Gasteiger partial charge in [0.2, 0.25) is 17.7 Å². The number of amides is 3. The van der Waals surface area contributed by atoms with E-state index in [2.05, 4.69) is 4.98 Å². The maximum atomic E-state index is 12.8. The average Bonchev–Trinajstić information content (AvgIpc) is 3.30. The van der Waals surface area contributed by atoms with Gasteiger partial charge in [0.05, 0.1) is 23.4 Å². The highest BCUT2D eigenvalue weighted by molar-refractivity contribution is 8.00. The second-order valence-corrected chi connectivity index (χ2v) is 8.16. The van der Waals surface area contributed by atoms with E-state index < -0.39 is 0 Å². The van der Waals surface area contributed by atoms with Gasteiger partial charge in [-0.15, -0.1) is 11.8 Å². The molecule has 0 aromatic carbocycles. The van der Waals surface area contributed by atoms with Crippen LogP contribution >= 0.6 is 11.8 Å². The van der Waals surface area contributed by atoms with Crippen molar-refractivity contribution in [3.63, 3.8) is 0 Å². The molecular weight excluding hydrogens is 366 g/mol. The second-order valence-electron chi connectivity index (χ2n) is 7.21. The number of hydrogen-bond acceptors (Lipinski definition) is 6. The lowest BCUT2D eigenvalue weighted by atomic mass is 10.1. The van der Waals surface area contributed by atoms with Gasteiger partial charge in [-0.1, -0.05) is 0 Å². The minimum atomic E-state index is -0.126. The normalized spacial score (nSPS) is 22.3. The van der Waals surface area contributed by atoms with Gasteiger partial charge in [-0.25, -0.2) is 9.97 Å². The molecular formula is C18H23N5O3S. The number of fused-ring (bicyclic) bond motifs is 1. The summed E-state index contributed by atoms with van der Waals surface area (Å²) in [6.45, 7) is 3.61. The first kappa shape index (κ1) is 18.2. The largest absolute Gasteiger partial charge is 0.338 e. The zero-order valence-corrected chi connectivity index (χ0v) is 16.2. The van der Waals surface area contributed by atoms with Gasteiger partial charge in [0.25, 0.3) is 0 Å². The van der Waals surface area contributed by atoms with Crippen LogP contribution in [-0.4, -0.2) is 73.7 Å². The number of likely N-dealkylation sites (tertiary alicyclic amines) is 1. The minimum Gasteiger partial charge on any atom is -0.338 e. The lowest BCUT2D eigenvalue weighted by molar-refractivity contribution is -0.138. The molecule has 0 N–H and O–H groups in total. The van der Waals surface area contributed by atoms with E-state index in [1.54, 1.807) is 34.7 Å². The Bertz CT molecular complexity index is 786. The van der Waals surface area contributed by atoms with Crippen LogP contribution in [0, 0.1) is 0 Å². The molecule has 144 valence electrons. The summed E-state index contributed by atoms with van der Waals surface area (Å²) in [6.07, 6.45) is 4.27. The number of hydrogen-bond donors (Lipinski definition) is 0. The Balaban J connectivity index is 1.48. The molecule has 1 atom stereocenters. The van der Waals surface area contributed by atoms with Crippen LogP contribution in [0.2, 0.25) is 0 Å². The molecule has 8 nitrogen and oxygen atoms in total. The average molecular weight is 389 g/mol. The summed E-state index contributed by atoms with van der Waals surface area (Å²) in [7, 11) is 0. The maximum absolute atomic E-state index is 12.8. The Kier molecular flexibility index (Phi) is 5.03. The lowest BCUT2D eigenvalue weighted by Gasteiger charge is -2.29. The van der Waals surface area contributed by atoms with Crippen molar-refractivity contribution < 1.29 is 14.4 Å². The van der Waals surface area contributed by atoms with Crippen LogP contribution in [-0.2, 0) is 27.3 Å². The van der Waals surface area contributed by atoms with Crippen molar-refractivity contribution in [2.45, 2.75) is 38.8 Å². The van der Waals surface area contributed by atoms with Crippen LogP contribution in [0.1, 0.15) is 42.9 Å². The van der Waals surface area contributed by atoms with Crippen LogP contribution in [0.25, 0.3) is 0 Å². The molecule has 2 fully saturated rings. The highest BCUT2D eigenvalue weighted by atomic mass is 32.2. The maximum Gasteiger partial charge on any atom is 0.242 e. The molecule has 1 aromatic heterocycles. The molecule has 1 aromatic rings. The van der Waals surface area contributed by atoms with Crippen LogP contribution in [0.3, 0.4) is 0 Å². The predicted octanol–water partition coefficient (Wildman–Crippen LogP) is 0.578. The molecule has 9 heteroatoms. The van der Waals surface area contributed by atoms with Crippen molar-refractivity contribution in [2.75, 3.05) is 31.3 Å². The van der Waals surface area contributed by atoms with Crippen molar-refractivity contribution in [3.8, 4) is 0 Å². The Hall–Kier alpha value is -2.16. The van der Waals surface area contributed by atoms with Crippen molar-refractivity contribution in [1.82, 2.24) is 24.7 Å². The summed E-state index contributed by atoms with van der Waals surface area (Å²) in [5, 5.41) is 0. The highest BCUT2D eigenvalue weighted by Crippen LogP contribution is 2.31. The molecule has 3 aliphatic heterocycles. The summed E-state index contributed by atoms with van der Waals surface area (Å²) in [5.74, 6) is 1.79. The fraction of sp³-hybridized carbons (Fsp3) is 0.611. The van der Waals surface area contributed by atoms with E-state index in [0.717, 1.165) is 24.1 Å². The third-order valence-corrected chi connectivity index (χ3v) is 6.37. The van der Waals surface area contributed by atoms with Crippen LogP contribution in [0.4, 0.5) is 0 Å². The summed E-state index contributed by atoms with van der Waals surface area (Å²) >= 11 is 1.54. The van der Waals surface area contributed by atoms with Gasteiger partial charge in [0.1, 0.15) is 6.54 Å². The third-order valence-electron chi connectivity index (χ3n) is 5.42. The van der Waals surface area contributed by atoms with E-state index in [0.29, 0.717) is 43.5 Å². The standard InChI is InChI=1S/C18H23N5O3S/c1-12(24)21-6-4-14-13(8-21)7-19-18(20-14)15-3-2-5-23(15)16(25)9-22-11-27-10-17(22)26/h7,15H,2-6,8-11H2,1H3/t15-/m0/s1. The minimum absolute atomic E-state index is 0.0302. The molecule has 0 spiro atoms. The van der Waals surface area contributed by atoms with Crippen molar-refractivity contribution >= 4 is 29.5 Å². The Morgan fingerprint density at radius 2 is 2.19 bits per heavy atom. The fourth-order valence-electron chi connectivity index (χ4n) is 3.89. The van der Waals surface area contributed by atoms with Gasteiger partial charge in [-0.2, -0.15) is 0 Å². The molecule has 0 saturated carbocycles. The van der Waals surface area contributed by atoms with Crippen molar-refractivity contribution in [3.05, 3.63) is 23.3 Å². The fourth-order valence-corrected chi connectivity index (χ4v) is 4.79. The van der Waals surface area contributed by atoms with E-state index in [1.807, 2.05) is 4.90 Å². The molecule has 0 aliphatic carbocycles. The molecule has 2 saturated heterocycles. The van der Waals surface area contributed by atoms with E-state index in [-0.39, 0.29) is 30.3 Å². The van der Waals surface area contributed by atoms with Gasteiger partial charge in [-0.3, -0.25) is 14.4 Å². The highest BCUT2D eigenvalue weighted by Gasteiger charge is 2.34. The molecule has 0 unspecified atom stereocenters.